The summed E-state index contributed by atoms with van der Waals surface area (Å²) in [6.07, 6.45) is 5.00. The van der Waals surface area contributed by atoms with E-state index in [1.54, 1.807) is 7.11 Å². The van der Waals surface area contributed by atoms with E-state index in [1.165, 1.54) is 12.8 Å². The smallest absolute Gasteiger partial charge is 0.222 e. The molecule has 0 atom stereocenters. The summed E-state index contributed by atoms with van der Waals surface area (Å²) in [7, 11) is 1.62. The molecule has 2 N–H and O–H groups in total. The van der Waals surface area contributed by atoms with Crippen LogP contribution >= 0.6 is 0 Å². The molecule has 0 spiro atoms. The minimum atomic E-state index is 0.119. The number of ether oxygens (including phenoxy) is 1. The van der Waals surface area contributed by atoms with E-state index in [9.17, 15) is 4.79 Å². The van der Waals surface area contributed by atoms with E-state index in [0.29, 0.717) is 25.1 Å². The molecule has 94 valence electrons. The summed E-state index contributed by atoms with van der Waals surface area (Å²) in [4.78, 5) is 11.5. The largest absolute Gasteiger partial charge is 0.384 e. The highest BCUT2D eigenvalue weighted by molar-refractivity contribution is 5.76. The molecule has 0 heterocycles. The maximum Gasteiger partial charge on any atom is 0.222 e. The van der Waals surface area contributed by atoms with E-state index >= 15 is 0 Å². The second-order valence-corrected chi connectivity index (χ2v) is 4.42. The van der Waals surface area contributed by atoms with Crippen molar-refractivity contribution in [3.63, 3.8) is 0 Å². The van der Waals surface area contributed by atoms with Crippen LogP contribution in [0.15, 0.2) is 0 Å². The van der Waals surface area contributed by atoms with E-state index in [4.69, 9.17) is 4.74 Å². The number of nitrogens with one attached hydrogen (secondary N) is 2. The van der Waals surface area contributed by atoms with Gasteiger partial charge in [0, 0.05) is 25.6 Å². The quantitative estimate of drug-likeness (QED) is 0.714. The number of hydrogen-bond acceptors (Lipinski definition) is 3. The number of hydrogen-bond donors (Lipinski definition) is 2. The summed E-state index contributed by atoms with van der Waals surface area (Å²) in [6, 6.07) is 1.02. The predicted octanol–water partition coefficient (Wildman–Crippen LogP) is 1.06. The van der Waals surface area contributed by atoms with Crippen LogP contribution < -0.4 is 10.6 Å². The van der Waals surface area contributed by atoms with Crippen LogP contribution in [0.1, 0.15) is 39.0 Å². The van der Waals surface area contributed by atoms with Crippen molar-refractivity contribution in [3.05, 3.63) is 0 Å². The number of methoxy groups -OCH3 is 1. The van der Waals surface area contributed by atoms with Crippen LogP contribution in [-0.4, -0.2) is 38.3 Å². The Labute approximate surface area is 98.1 Å². The Kier molecular flexibility index (Phi) is 6.42. The van der Waals surface area contributed by atoms with E-state index < -0.39 is 0 Å². The van der Waals surface area contributed by atoms with E-state index in [-0.39, 0.29) is 5.91 Å². The fourth-order valence-electron chi connectivity index (χ4n) is 2.23. The first-order chi connectivity index (χ1) is 7.76. The van der Waals surface area contributed by atoms with E-state index in [2.05, 4.69) is 17.6 Å². The van der Waals surface area contributed by atoms with Gasteiger partial charge in [-0.25, -0.2) is 0 Å². The highest BCUT2D eigenvalue weighted by atomic mass is 16.5. The lowest BCUT2D eigenvalue weighted by Crippen LogP contribution is -2.42. The normalized spacial score (nSPS) is 25.4. The first-order valence-electron chi connectivity index (χ1n) is 6.28. The lowest BCUT2D eigenvalue weighted by atomic mass is 9.91. The summed E-state index contributed by atoms with van der Waals surface area (Å²) in [5.41, 5.74) is 0. The predicted molar refractivity (Wildman–Crippen MR) is 64.4 cm³/mol. The molecule has 4 heteroatoms. The Morgan fingerprint density at radius 2 is 1.88 bits per heavy atom. The van der Waals surface area contributed by atoms with Crippen molar-refractivity contribution >= 4 is 5.91 Å². The molecule has 1 rings (SSSR count). The van der Waals surface area contributed by atoms with Gasteiger partial charge in [0.05, 0.1) is 6.61 Å². The molecule has 16 heavy (non-hydrogen) atoms. The second-order valence-electron chi connectivity index (χ2n) is 4.42. The van der Waals surface area contributed by atoms with Crippen LogP contribution in [0.25, 0.3) is 0 Å². The zero-order valence-electron chi connectivity index (χ0n) is 10.4. The molecule has 1 fully saturated rings. The summed E-state index contributed by atoms with van der Waals surface area (Å²) in [6.45, 7) is 3.69. The molecule has 0 bridgehead atoms. The van der Waals surface area contributed by atoms with E-state index in [0.717, 1.165) is 19.4 Å². The lowest BCUT2D eigenvalue weighted by molar-refractivity contribution is -0.122. The average Bonchev–Trinajstić information content (AvgIpc) is 2.29. The zero-order valence-corrected chi connectivity index (χ0v) is 10.4. The molecule has 1 aliphatic rings. The third-order valence-corrected chi connectivity index (χ3v) is 3.12. The average molecular weight is 228 g/mol. The van der Waals surface area contributed by atoms with Gasteiger partial charge in [-0.05, 0) is 32.2 Å². The Morgan fingerprint density at radius 1 is 1.25 bits per heavy atom. The number of carbonyl (C=O) groups is 1. The van der Waals surface area contributed by atoms with Crippen molar-refractivity contribution in [2.45, 2.75) is 51.1 Å². The van der Waals surface area contributed by atoms with Crippen molar-refractivity contribution in [3.8, 4) is 0 Å². The SMILES string of the molecule is CCNC1CCC(NC(=O)CCOC)CC1. The van der Waals surface area contributed by atoms with Crippen molar-refractivity contribution in [1.82, 2.24) is 10.6 Å². The standard InChI is InChI=1S/C12H24N2O2/c1-3-13-10-4-6-11(7-5-10)14-12(15)8-9-16-2/h10-11,13H,3-9H2,1-2H3,(H,14,15). The third-order valence-electron chi connectivity index (χ3n) is 3.12. The summed E-state index contributed by atoms with van der Waals surface area (Å²) in [5, 5.41) is 6.53. The van der Waals surface area contributed by atoms with Gasteiger partial charge in [-0.3, -0.25) is 4.79 Å². The second kappa shape index (κ2) is 7.63. The molecule has 4 nitrogen and oxygen atoms in total. The highest BCUT2D eigenvalue weighted by Crippen LogP contribution is 2.18. The molecule has 1 saturated carbocycles. The maximum absolute atomic E-state index is 11.5. The van der Waals surface area contributed by atoms with Crippen LogP contribution in [0.4, 0.5) is 0 Å². The van der Waals surface area contributed by atoms with Gasteiger partial charge >= 0.3 is 0 Å². The molecule has 1 amide bonds. The van der Waals surface area contributed by atoms with Crippen LogP contribution in [-0.2, 0) is 9.53 Å². The van der Waals surface area contributed by atoms with Gasteiger partial charge in [0.15, 0.2) is 0 Å². The van der Waals surface area contributed by atoms with Crippen LogP contribution in [0.3, 0.4) is 0 Å². The molecule has 0 saturated heterocycles. The molecule has 0 aromatic heterocycles. The topological polar surface area (TPSA) is 50.4 Å². The van der Waals surface area contributed by atoms with Crippen molar-refractivity contribution in [1.29, 1.82) is 0 Å². The van der Waals surface area contributed by atoms with Gasteiger partial charge < -0.3 is 15.4 Å². The fourth-order valence-corrected chi connectivity index (χ4v) is 2.23. The highest BCUT2D eigenvalue weighted by Gasteiger charge is 2.21. The zero-order chi connectivity index (χ0) is 11.8. The fraction of sp³-hybridized carbons (Fsp3) is 0.917. The number of amides is 1. The molecular weight excluding hydrogens is 204 g/mol. The molecule has 0 aliphatic heterocycles. The van der Waals surface area contributed by atoms with Crippen LogP contribution in [0.5, 0.6) is 0 Å². The van der Waals surface area contributed by atoms with Crippen LogP contribution in [0.2, 0.25) is 0 Å². The van der Waals surface area contributed by atoms with Crippen molar-refractivity contribution in [2.75, 3.05) is 20.3 Å². The van der Waals surface area contributed by atoms with Gasteiger partial charge in [0.25, 0.3) is 0 Å². The van der Waals surface area contributed by atoms with Crippen molar-refractivity contribution < 1.29 is 9.53 Å². The Bertz CT molecular complexity index is 201. The molecule has 0 aromatic carbocycles. The minimum Gasteiger partial charge on any atom is -0.384 e. The summed E-state index contributed by atoms with van der Waals surface area (Å²) < 4.78 is 4.88. The van der Waals surface area contributed by atoms with Crippen molar-refractivity contribution in [2.24, 2.45) is 0 Å². The van der Waals surface area contributed by atoms with Gasteiger partial charge in [-0.1, -0.05) is 6.92 Å². The Hall–Kier alpha value is -0.610. The van der Waals surface area contributed by atoms with Gasteiger partial charge in [0.1, 0.15) is 0 Å². The molecule has 1 aliphatic carbocycles. The van der Waals surface area contributed by atoms with Gasteiger partial charge in [-0.15, -0.1) is 0 Å². The number of rotatable bonds is 6. The molecule has 0 radical (unpaired) electrons. The first-order valence-corrected chi connectivity index (χ1v) is 6.28. The van der Waals surface area contributed by atoms with Gasteiger partial charge in [-0.2, -0.15) is 0 Å². The maximum atomic E-state index is 11.5. The minimum absolute atomic E-state index is 0.119. The Morgan fingerprint density at radius 3 is 2.44 bits per heavy atom. The summed E-state index contributed by atoms with van der Waals surface area (Å²) in [5.74, 6) is 0.119. The molecule has 0 aromatic rings. The lowest BCUT2D eigenvalue weighted by Gasteiger charge is -2.29. The molecular formula is C12H24N2O2. The molecule has 0 unspecified atom stereocenters. The van der Waals surface area contributed by atoms with E-state index in [1.807, 2.05) is 0 Å². The number of carbonyl (C=O) groups excluding carboxylic acids is 1. The summed E-state index contributed by atoms with van der Waals surface area (Å²) >= 11 is 0. The third kappa shape index (κ3) is 4.94. The Balaban J connectivity index is 2.14. The monoisotopic (exact) mass is 228 g/mol. The first kappa shape index (κ1) is 13.5. The van der Waals surface area contributed by atoms with Crippen LogP contribution in [0, 0.1) is 0 Å². The van der Waals surface area contributed by atoms with Gasteiger partial charge in [0.2, 0.25) is 5.91 Å².